The first-order valence-electron chi connectivity index (χ1n) is 5.38. The molecule has 6 heteroatoms. The molecule has 3 aromatic rings. The Labute approximate surface area is 107 Å². The molecule has 5 nitrogen and oxygen atoms in total. The monoisotopic (exact) mass is 258 g/mol. The smallest absolute Gasteiger partial charge is 0.193 e. The van der Waals surface area contributed by atoms with Gasteiger partial charge in [0.25, 0.3) is 0 Å². The van der Waals surface area contributed by atoms with Crippen LogP contribution in [0.3, 0.4) is 0 Å². The van der Waals surface area contributed by atoms with Crippen LogP contribution in [-0.2, 0) is 6.42 Å². The molecule has 0 fully saturated rings. The SMILES string of the molecule is Nc1ccc(C(=O)Cc2cn3ccsc3n2)nc1. The minimum atomic E-state index is -0.0549. The summed E-state index contributed by atoms with van der Waals surface area (Å²) < 4.78 is 1.91. The Morgan fingerprint density at radius 1 is 1.44 bits per heavy atom. The number of thiazole rings is 1. The van der Waals surface area contributed by atoms with Gasteiger partial charge < -0.3 is 5.73 Å². The summed E-state index contributed by atoms with van der Waals surface area (Å²) in [6.45, 7) is 0. The zero-order valence-electron chi connectivity index (χ0n) is 9.41. The zero-order valence-corrected chi connectivity index (χ0v) is 10.2. The number of imidazole rings is 1. The van der Waals surface area contributed by atoms with E-state index in [9.17, 15) is 4.79 Å². The van der Waals surface area contributed by atoms with Crippen molar-refractivity contribution in [3.63, 3.8) is 0 Å². The second-order valence-electron chi connectivity index (χ2n) is 3.90. The van der Waals surface area contributed by atoms with E-state index in [4.69, 9.17) is 5.73 Å². The highest BCUT2D eigenvalue weighted by Crippen LogP contribution is 2.13. The van der Waals surface area contributed by atoms with Crippen molar-refractivity contribution in [1.29, 1.82) is 0 Å². The molecule has 0 aromatic carbocycles. The molecule has 0 aliphatic carbocycles. The van der Waals surface area contributed by atoms with Gasteiger partial charge in [0.15, 0.2) is 10.7 Å². The highest BCUT2D eigenvalue weighted by atomic mass is 32.1. The molecule has 0 bridgehead atoms. The van der Waals surface area contributed by atoms with Gasteiger partial charge in [0.2, 0.25) is 0 Å². The zero-order chi connectivity index (χ0) is 12.5. The molecule has 0 saturated carbocycles. The summed E-state index contributed by atoms with van der Waals surface area (Å²) in [4.78, 5) is 21.2. The van der Waals surface area contributed by atoms with Gasteiger partial charge in [-0.25, -0.2) is 4.98 Å². The van der Waals surface area contributed by atoms with Crippen LogP contribution in [0, 0.1) is 0 Å². The minimum Gasteiger partial charge on any atom is -0.397 e. The topological polar surface area (TPSA) is 73.3 Å². The number of hydrogen-bond acceptors (Lipinski definition) is 5. The fraction of sp³-hybridized carbons (Fsp3) is 0.0833. The van der Waals surface area contributed by atoms with Crippen LogP contribution in [0.4, 0.5) is 5.69 Å². The number of nitrogen functional groups attached to an aromatic ring is 1. The quantitative estimate of drug-likeness (QED) is 0.727. The van der Waals surface area contributed by atoms with Crippen molar-refractivity contribution in [2.45, 2.75) is 6.42 Å². The molecule has 2 N–H and O–H groups in total. The van der Waals surface area contributed by atoms with E-state index < -0.39 is 0 Å². The number of pyridine rings is 1. The molecular weight excluding hydrogens is 248 g/mol. The molecule has 0 unspecified atom stereocenters. The van der Waals surface area contributed by atoms with E-state index in [1.165, 1.54) is 6.20 Å². The van der Waals surface area contributed by atoms with Gasteiger partial charge in [0, 0.05) is 17.8 Å². The van der Waals surface area contributed by atoms with Crippen LogP contribution < -0.4 is 5.73 Å². The molecule has 0 spiro atoms. The average molecular weight is 258 g/mol. The molecule has 0 saturated heterocycles. The van der Waals surface area contributed by atoms with Crippen LogP contribution in [0.15, 0.2) is 36.1 Å². The molecule has 0 radical (unpaired) electrons. The van der Waals surface area contributed by atoms with Gasteiger partial charge in [-0.2, -0.15) is 0 Å². The Hall–Kier alpha value is -2.21. The highest BCUT2D eigenvalue weighted by Gasteiger charge is 2.11. The maximum absolute atomic E-state index is 12.0. The fourth-order valence-electron chi connectivity index (χ4n) is 1.69. The molecule has 3 heterocycles. The number of fused-ring (bicyclic) bond motifs is 1. The largest absolute Gasteiger partial charge is 0.397 e. The van der Waals surface area contributed by atoms with Crippen molar-refractivity contribution < 1.29 is 4.79 Å². The third kappa shape index (κ3) is 1.98. The predicted octanol–water partition coefficient (Wildman–Crippen LogP) is 1.80. The van der Waals surface area contributed by atoms with Gasteiger partial charge in [-0.05, 0) is 12.1 Å². The summed E-state index contributed by atoms with van der Waals surface area (Å²) in [6.07, 6.45) is 5.52. The maximum Gasteiger partial charge on any atom is 0.193 e. The molecule has 18 heavy (non-hydrogen) atoms. The van der Waals surface area contributed by atoms with E-state index >= 15 is 0 Å². The van der Waals surface area contributed by atoms with Gasteiger partial charge in [-0.15, -0.1) is 11.3 Å². The number of hydrogen-bond donors (Lipinski definition) is 1. The third-order valence-corrected chi connectivity index (χ3v) is 3.33. The lowest BCUT2D eigenvalue weighted by atomic mass is 10.1. The molecule has 90 valence electrons. The van der Waals surface area contributed by atoms with Crippen LogP contribution in [0.1, 0.15) is 16.2 Å². The number of carbonyl (C=O) groups is 1. The summed E-state index contributed by atoms with van der Waals surface area (Å²) >= 11 is 1.54. The fourth-order valence-corrected chi connectivity index (χ4v) is 2.41. The highest BCUT2D eigenvalue weighted by molar-refractivity contribution is 7.15. The summed E-state index contributed by atoms with van der Waals surface area (Å²) in [5, 5.41) is 1.95. The van der Waals surface area contributed by atoms with E-state index in [-0.39, 0.29) is 12.2 Å². The maximum atomic E-state index is 12.0. The van der Waals surface area contributed by atoms with Crippen molar-refractivity contribution in [2.75, 3.05) is 5.73 Å². The first-order valence-corrected chi connectivity index (χ1v) is 6.26. The molecule has 0 atom stereocenters. The van der Waals surface area contributed by atoms with E-state index in [1.807, 2.05) is 22.2 Å². The third-order valence-electron chi connectivity index (χ3n) is 2.56. The summed E-state index contributed by atoms with van der Waals surface area (Å²) in [5.74, 6) is -0.0549. The number of rotatable bonds is 3. The average Bonchev–Trinajstić information content (AvgIpc) is 2.90. The normalized spacial score (nSPS) is 10.9. The Morgan fingerprint density at radius 3 is 3.06 bits per heavy atom. The first-order chi connectivity index (χ1) is 8.72. The van der Waals surface area contributed by atoms with E-state index in [2.05, 4.69) is 9.97 Å². The molecule has 3 aromatic heterocycles. The lowest BCUT2D eigenvalue weighted by Gasteiger charge is -1.98. The Morgan fingerprint density at radius 2 is 2.33 bits per heavy atom. The Bertz CT molecular complexity index is 670. The Kier molecular flexibility index (Phi) is 2.56. The lowest BCUT2D eigenvalue weighted by molar-refractivity contribution is 0.0987. The van der Waals surface area contributed by atoms with Crippen LogP contribution >= 0.6 is 11.3 Å². The van der Waals surface area contributed by atoms with Crippen molar-refractivity contribution in [3.05, 3.63) is 47.5 Å². The van der Waals surface area contributed by atoms with Crippen LogP contribution in [-0.4, -0.2) is 20.2 Å². The second kappa shape index (κ2) is 4.23. The summed E-state index contributed by atoms with van der Waals surface area (Å²) in [5.41, 5.74) is 7.25. The molecular formula is C12H10N4OS. The Balaban J connectivity index is 1.82. The van der Waals surface area contributed by atoms with E-state index in [0.29, 0.717) is 11.4 Å². The van der Waals surface area contributed by atoms with Crippen molar-refractivity contribution in [3.8, 4) is 0 Å². The predicted molar refractivity (Wildman–Crippen MR) is 69.8 cm³/mol. The first kappa shape index (κ1) is 10.9. The van der Waals surface area contributed by atoms with Gasteiger partial charge in [-0.1, -0.05) is 0 Å². The van der Waals surface area contributed by atoms with Gasteiger partial charge in [0.05, 0.1) is 24.0 Å². The van der Waals surface area contributed by atoms with E-state index in [0.717, 1.165) is 10.7 Å². The summed E-state index contributed by atoms with van der Waals surface area (Å²) in [6, 6.07) is 3.31. The number of nitrogens with zero attached hydrogens (tertiary/aromatic N) is 3. The van der Waals surface area contributed by atoms with Gasteiger partial charge in [-0.3, -0.25) is 14.2 Å². The number of nitrogens with two attached hydrogens (primary N) is 1. The summed E-state index contributed by atoms with van der Waals surface area (Å²) in [7, 11) is 0. The van der Waals surface area contributed by atoms with Crippen molar-refractivity contribution in [1.82, 2.24) is 14.4 Å². The molecule has 0 aliphatic rings. The van der Waals surface area contributed by atoms with Crippen LogP contribution in [0.5, 0.6) is 0 Å². The van der Waals surface area contributed by atoms with Crippen LogP contribution in [0.2, 0.25) is 0 Å². The number of aromatic nitrogens is 3. The van der Waals surface area contributed by atoms with Crippen LogP contribution in [0.25, 0.3) is 4.96 Å². The molecule has 0 amide bonds. The lowest BCUT2D eigenvalue weighted by Crippen LogP contribution is -2.06. The van der Waals surface area contributed by atoms with Crippen molar-refractivity contribution >= 4 is 27.8 Å². The van der Waals surface area contributed by atoms with Gasteiger partial charge >= 0.3 is 0 Å². The number of ketones is 1. The molecule has 0 aliphatic heterocycles. The second-order valence-corrected chi connectivity index (χ2v) is 4.77. The number of carbonyl (C=O) groups excluding carboxylic acids is 1. The number of Topliss-reactive ketones (excluding diaryl/α,β-unsaturated/α-hetero) is 1. The minimum absolute atomic E-state index is 0.0549. The van der Waals surface area contributed by atoms with Crippen molar-refractivity contribution in [2.24, 2.45) is 0 Å². The van der Waals surface area contributed by atoms with Gasteiger partial charge in [0.1, 0.15) is 5.69 Å². The number of anilines is 1. The molecule has 3 rings (SSSR count). The standard InChI is InChI=1S/C12H10N4OS/c13-8-1-2-10(14-6-8)11(17)5-9-7-16-3-4-18-12(16)15-9/h1-4,6-7H,5,13H2. The van der Waals surface area contributed by atoms with E-state index in [1.54, 1.807) is 23.5 Å².